The van der Waals surface area contributed by atoms with Gasteiger partial charge in [-0.15, -0.1) is 0 Å². The molecule has 1 amide bonds. The number of piperidine rings is 1. The molecule has 2 aliphatic heterocycles. The Morgan fingerprint density at radius 2 is 2.07 bits per heavy atom. The molecule has 12 nitrogen and oxygen atoms in total. The summed E-state index contributed by atoms with van der Waals surface area (Å²) in [5, 5.41) is 36.8. The first-order valence-electron chi connectivity index (χ1n) is 14.7. The number of likely N-dealkylation sites (tertiary alicyclic amines) is 1. The second kappa shape index (κ2) is 11.5. The summed E-state index contributed by atoms with van der Waals surface area (Å²) in [4.78, 5) is 33.1. The minimum atomic E-state index is -1.16. The van der Waals surface area contributed by atoms with Gasteiger partial charge in [-0.2, -0.15) is 0 Å². The van der Waals surface area contributed by atoms with Gasteiger partial charge in [-0.1, -0.05) is 19.5 Å². The number of aliphatic hydroxyl groups excluding tert-OH is 2. The summed E-state index contributed by atoms with van der Waals surface area (Å²) in [7, 11) is 3.28. The van der Waals surface area contributed by atoms with Crippen molar-refractivity contribution in [2.75, 3.05) is 40.5 Å². The fourth-order valence-electron chi connectivity index (χ4n) is 8.05. The van der Waals surface area contributed by atoms with Crippen molar-refractivity contribution in [3.8, 4) is 5.75 Å². The predicted octanol–water partition coefficient (Wildman–Crippen LogP) is 3.77. The number of nitrogens with zero attached hydrogens (tertiary/aromatic N) is 5. The minimum Gasteiger partial charge on any atom is -0.511 e. The molecule has 1 saturated heterocycles. The molecule has 5 atom stereocenters. The third-order valence-corrected chi connectivity index (χ3v) is 11.9. The van der Waals surface area contributed by atoms with E-state index in [-0.39, 0.29) is 67.6 Å². The number of ether oxygens (including phenoxy) is 1. The third kappa shape index (κ3) is 4.52. The first-order chi connectivity index (χ1) is 21.0. The summed E-state index contributed by atoms with van der Waals surface area (Å²) in [6.07, 6.45) is 2.19. The molecule has 0 aromatic heterocycles. The number of ketones is 1. The number of hydrogen-bond donors (Lipinski definition) is 4. The fourth-order valence-corrected chi connectivity index (χ4v) is 9.68. The molecule has 1 aromatic rings. The van der Waals surface area contributed by atoms with E-state index >= 15 is 4.39 Å². The highest BCUT2D eigenvalue weighted by Gasteiger charge is 2.64. The molecule has 0 bridgehead atoms. The van der Waals surface area contributed by atoms with Gasteiger partial charge in [0.05, 0.1) is 29.0 Å². The summed E-state index contributed by atoms with van der Waals surface area (Å²) < 4.78 is 21.5. The second-order valence-corrected chi connectivity index (χ2v) is 13.8. The lowest BCUT2D eigenvalue weighted by Gasteiger charge is -2.58. The average molecular weight is 627 g/mol. The maximum absolute atomic E-state index is 16.2. The zero-order chi connectivity index (χ0) is 31.5. The zero-order valence-electron chi connectivity index (χ0n) is 24.6. The molecule has 1 unspecified atom stereocenters. The first-order valence-corrected chi connectivity index (χ1v) is 15.8. The molecule has 2 heterocycles. The van der Waals surface area contributed by atoms with Crippen LogP contribution in [-0.2, 0) is 22.5 Å². The molecule has 14 heteroatoms. The number of aliphatic hydroxyl groups is 2. The molecule has 6 rings (SSSR count). The van der Waals surface area contributed by atoms with Crippen LogP contribution in [-0.4, -0.2) is 88.5 Å². The van der Waals surface area contributed by atoms with Crippen LogP contribution < -0.4 is 5.73 Å². The number of halogens is 1. The SMILES string of the molecule is COCC1CCN(Cc2cc(O)c3c(c2F)C[C@H]2C[C@H]4[C@H](N(C)CN=[N+]=[N-])C(O)=C(C(N)=O)C5=CP[C@@]54C(O)=C2C3=O)CC1. The number of likely N-dealkylation sites (N-methyl/N-ethyl adjacent to an activating group) is 1. The van der Waals surface area contributed by atoms with Gasteiger partial charge >= 0.3 is 0 Å². The van der Waals surface area contributed by atoms with Gasteiger partial charge < -0.3 is 25.8 Å². The van der Waals surface area contributed by atoms with Crippen LogP contribution >= 0.6 is 8.58 Å². The van der Waals surface area contributed by atoms with Crippen LogP contribution in [0.3, 0.4) is 0 Å². The minimum absolute atomic E-state index is 0.0268. The molecule has 0 radical (unpaired) electrons. The Morgan fingerprint density at radius 1 is 1.34 bits per heavy atom. The number of Topliss-reactive ketones (excluding diaryl/α,β-unsaturated/α-hetero) is 1. The highest BCUT2D eigenvalue weighted by Crippen LogP contribution is 2.68. The standard InChI is InChI=1S/C30H36FN6O6P/c1-36(13-34-35-33)25-18-8-15-7-17-22(20(38)9-16(24(17)31)10-37-5-3-14(4-6-37)11-43-2)26(39)21(15)28(41)30(18)19(12-44-30)23(27(25)40)29(32)42/h9,12,14-15,18,25,38,40-41,44H,3-8,10-11,13H2,1-2H3,(H2,32,42)/t15-,18-,25-,30+/m0/s1. The Morgan fingerprint density at radius 3 is 2.68 bits per heavy atom. The number of fused-ring (bicyclic) bond motifs is 2. The summed E-state index contributed by atoms with van der Waals surface area (Å²) in [5.74, 6) is -1.85. The van der Waals surface area contributed by atoms with Gasteiger partial charge in [-0.05, 0) is 74.8 Å². The highest BCUT2D eigenvalue weighted by molar-refractivity contribution is 7.46. The van der Waals surface area contributed by atoms with Crippen LogP contribution in [0.5, 0.6) is 5.75 Å². The number of rotatable bonds is 8. The Hall–Kier alpha value is -3.47. The van der Waals surface area contributed by atoms with Crippen LogP contribution in [0.25, 0.3) is 10.4 Å². The lowest BCUT2D eigenvalue weighted by molar-refractivity contribution is -0.114. The van der Waals surface area contributed by atoms with Crippen LogP contribution in [0.15, 0.2) is 45.2 Å². The molecule has 5 N–H and O–H groups in total. The quantitative estimate of drug-likeness (QED) is 0.145. The van der Waals surface area contributed by atoms with E-state index in [4.69, 9.17) is 16.0 Å². The molecular weight excluding hydrogens is 590 g/mol. The van der Waals surface area contributed by atoms with Crippen molar-refractivity contribution in [3.05, 3.63) is 73.1 Å². The van der Waals surface area contributed by atoms with Crippen LogP contribution in [0.4, 0.5) is 4.39 Å². The van der Waals surface area contributed by atoms with Gasteiger partial charge in [0.2, 0.25) is 0 Å². The van der Waals surface area contributed by atoms with E-state index in [0.29, 0.717) is 30.2 Å². The topological polar surface area (TPSA) is 185 Å². The molecule has 44 heavy (non-hydrogen) atoms. The molecule has 234 valence electrons. The maximum Gasteiger partial charge on any atom is 0.252 e. The monoisotopic (exact) mass is 626 g/mol. The number of azide groups is 1. The van der Waals surface area contributed by atoms with Gasteiger partial charge in [-0.3, -0.25) is 19.4 Å². The number of carbonyl (C=O) groups excluding carboxylic acids is 2. The number of phenols is 1. The number of carbonyl (C=O) groups is 2. The summed E-state index contributed by atoms with van der Waals surface area (Å²) in [6, 6.07) is 0.456. The number of methoxy groups -OCH3 is 1. The van der Waals surface area contributed by atoms with Gasteiger partial charge in [-0.25, -0.2) is 4.39 Å². The van der Waals surface area contributed by atoms with Gasteiger partial charge in [0.15, 0.2) is 5.78 Å². The van der Waals surface area contributed by atoms with E-state index in [1.165, 1.54) is 6.07 Å². The van der Waals surface area contributed by atoms with Gasteiger partial charge in [0.1, 0.15) is 23.1 Å². The molecule has 1 aromatic carbocycles. The van der Waals surface area contributed by atoms with Crippen molar-refractivity contribution < 1.29 is 34.0 Å². The smallest absolute Gasteiger partial charge is 0.252 e. The summed E-state index contributed by atoms with van der Waals surface area (Å²) >= 11 is 0. The van der Waals surface area contributed by atoms with Crippen LogP contribution in [0.1, 0.15) is 40.7 Å². The van der Waals surface area contributed by atoms with E-state index in [1.807, 2.05) is 0 Å². The average Bonchev–Trinajstić information content (AvgIpc) is 2.97. The predicted molar refractivity (Wildman–Crippen MR) is 161 cm³/mol. The number of phenolic OH excluding ortho intramolecular Hbond substituents is 1. The second-order valence-electron chi connectivity index (χ2n) is 12.4. The highest BCUT2D eigenvalue weighted by atomic mass is 31.1. The normalized spacial score (nSPS) is 29.0. The van der Waals surface area contributed by atoms with Crippen LogP contribution in [0.2, 0.25) is 0 Å². The van der Waals surface area contributed by atoms with Gasteiger partial charge in [0.25, 0.3) is 5.91 Å². The van der Waals surface area contributed by atoms with Crippen molar-refractivity contribution >= 4 is 20.3 Å². The third-order valence-electron chi connectivity index (χ3n) is 10.1. The summed E-state index contributed by atoms with van der Waals surface area (Å²) in [5.41, 5.74) is 15.2. The fraction of sp³-hybridized carbons (Fsp3) is 0.533. The number of primary amides is 1. The molecular formula is C30H36FN6O6P. The molecule has 0 saturated carbocycles. The van der Waals surface area contributed by atoms with E-state index in [1.54, 1.807) is 24.9 Å². The van der Waals surface area contributed by atoms with Crippen molar-refractivity contribution in [1.29, 1.82) is 0 Å². The van der Waals surface area contributed by atoms with Crippen molar-refractivity contribution in [2.45, 2.75) is 43.4 Å². The lowest BCUT2D eigenvalue weighted by Crippen LogP contribution is -2.60. The lowest BCUT2D eigenvalue weighted by atomic mass is 9.59. The number of nitrogens with two attached hydrogens (primary N) is 1. The molecule has 3 aliphatic carbocycles. The zero-order valence-corrected chi connectivity index (χ0v) is 25.6. The van der Waals surface area contributed by atoms with Gasteiger partial charge in [0, 0.05) is 47.8 Å². The summed E-state index contributed by atoms with van der Waals surface area (Å²) in [6.45, 7) is 2.38. The number of amides is 1. The first kappa shape index (κ1) is 30.6. The number of aromatic hydroxyl groups is 1. The van der Waals surface area contributed by atoms with E-state index in [9.17, 15) is 24.9 Å². The number of allylic oxidation sites excluding steroid dienone is 2. The Bertz CT molecular complexity index is 1580. The van der Waals surface area contributed by atoms with E-state index in [2.05, 4.69) is 14.9 Å². The Kier molecular flexibility index (Phi) is 7.96. The molecule has 1 fully saturated rings. The Labute approximate surface area is 255 Å². The van der Waals surface area contributed by atoms with Crippen molar-refractivity contribution in [3.63, 3.8) is 0 Å². The van der Waals surface area contributed by atoms with E-state index in [0.717, 1.165) is 25.9 Å². The number of benzene rings is 1. The Balaban J connectivity index is 1.38. The van der Waals surface area contributed by atoms with Crippen molar-refractivity contribution in [2.24, 2.45) is 28.6 Å². The largest absolute Gasteiger partial charge is 0.511 e. The van der Waals surface area contributed by atoms with E-state index < -0.39 is 40.5 Å². The molecule has 5 aliphatic rings. The maximum atomic E-state index is 16.2. The molecule has 1 spiro atoms. The van der Waals surface area contributed by atoms with Crippen molar-refractivity contribution in [1.82, 2.24) is 9.80 Å². The number of hydrogen-bond acceptors (Lipinski definition) is 9. The van der Waals surface area contributed by atoms with Crippen LogP contribution in [0, 0.1) is 23.6 Å².